The fraction of sp³-hybridized carbons (Fsp3) is 0.500. The predicted octanol–water partition coefficient (Wildman–Crippen LogP) is 1.49. The molecule has 1 amide bonds. The maximum atomic E-state index is 11.7. The highest BCUT2D eigenvalue weighted by Gasteiger charge is 2.15. The van der Waals surface area contributed by atoms with E-state index in [1.54, 1.807) is 0 Å². The van der Waals surface area contributed by atoms with E-state index in [1.165, 1.54) is 5.56 Å². The second-order valence-corrected chi connectivity index (χ2v) is 4.60. The first-order chi connectivity index (χ1) is 8.34. The van der Waals surface area contributed by atoms with Crippen molar-refractivity contribution in [1.29, 1.82) is 0 Å². The normalized spacial score (nSPS) is 19.2. The van der Waals surface area contributed by atoms with Crippen molar-refractivity contribution in [2.24, 2.45) is 0 Å². The van der Waals surface area contributed by atoms with Crippen molar-refractivity contribution in [3.05, 3.63) is 35.9 Å². The van der Waals surface area contributed by atoms with Gasteiger partial charge in [-0.25, -0.2) is 0 Å². The van der Waals surface area contributed by atoms with Crippen molar-refractivity contribution in [2.45, 2.75) is 31.7 Å². The highest BCUT2D eigenvalue weighted by atomic mass is 16.1. The summed E-state index contributed by atoms with van der Waals surface area (Å²) in [6.45, 7) is 1.94. The minimum absolute atomic E-state index is 0.189. The summed E-state index contributed by atoms with van der Waals surface area (Å²) in [5.41, 5.74) is 1.31. The molecule has 0 spiro atoms. The standard InChI is InChI=1S/C14H20N2O/c17-14(16-13-9-10-15-11-13)8-4-7-12-5-2-1-3-6-12/h1-3,5-6,13,15H,4,7-11H2,(H,16,17)/t13-/m0/s1. The van der Waals surface area contributed by atoms with Crippen molar-refractivity contribution in [1.82, 2.24) is 10.6 Å². The van der Waals surface area contributed by atoms with Crippen LogP contribution in [0.1, 0.15) is 24.8 Å². The predicted molar refractivity (Wildman–Crippen MR) is 68.8 cm³/mol. The first kappa shape index (κ1) is 12.1. The van der Waals surface area contributed by atoms with E-state index in [0.29, 0.717) is 12.5 Å². The molecule has 2 N–H and O–H groups in total. The first-order valence-corrected chi connectivity index (χ1v) is 6.38. The molecule has 0 unspecified atom stereocenters. The number of carbonyl (C=O) groups excluding carboxylic acids is 1. The molecule has 17 heavy (non-hydrogen) atoms. The fourth-order valence-electron chi connectivity index (χ4n) is 2.18. The fourth-order valence-corrected chi connectivity index (χ4v) is 2.18. The van der Waals surface area contributed by atoms with Gasteiger partial charge >= 0.3 is 0 Å². The lowest BCUT2D eigenvalue weighted by Crippen LogP contribution is -2.36. The Hall–Kier alpha value is -1.35. The van der Waals surface area contributed by atoms with Crippen molar-refractivity contribution in [2.75, 3.05) is 13.1 Å². The van der Waals surface area contributed by atoms with Crippen LogP contribution < -0.4 is 10.6 Å². The van der Waals surface area contributed by atoms with Gasteiger partial charge in [-0.3, -0.25) is 4.79 Å². The number of rotatable bonds is 5. The van der Waals surface area contributed by atoms with Crippen LogP contribution in [-0.4, -0.2) is 25.0 Å². The molecule has 1 heterocycles. The van der Waals surface area contributed by atoms with E-state index >= 15 is 0 Å². The number of carbonyl (C=O) groups is 1. The molecule has 0 saturated carbocycles. The Morgan fingerprint density at radius 2 is 2.18 bits per heavy atom. The number of nitrogens with one attached hydrogen (secondary N) is 2. The molecule has 3 nitrogen and oxygen atoms in total. The molecule has 0 radical (unpaired) electrons. The number of hydrogen-bond acceptors (Lipinski definition) is 2. The second-order valence-electron chi connectivity index (χ2n) is 4.60. The van der Waals surface area contributed by atoms with Crippen LogP contribution in [0.3, 0.4) is 0 Å². The van der Waals surface area contributed by atoms with Crippen molar-refractivity contribution < 1.29 is 4.79 Å². The lowest BCUT2D eigenvalue weighted by Gasteiger charge is -2.10. The maximum Gasteiger partial charge on any atom is 0.220 e. The largest absolute Gasteiger partial charge is 0.352 e. The Balaban J connectivity index is 1.63. The van der Waals surface area contributed by atoms with Crippen LogP contribution in [0.2, 0.25) is 0 Å². The van der Waals surface area contributed by atoms with Gasteiger partial charge in [-0.1, -0.05) is 30.3 Å². The minimum Gasteiger partial charge on any atom is -0.352 e. The van der Waals surface area contributed by atoms with E-state index in [1.807, 2.05) is 18.2 Å². The van der Waals surface area contributed by atoms with Gasteiger partial charge in [0.15, 0.2) is 0 Å². The van der Waals surface area contributed by atoms with Gasteiger partial charge in [-0.15, -0.1) is 0 Å². The zero-order valence-corrected chi connectivity index (χ0v) is 10.1. The maximum absolute atomic E-state index is 11.7. The van der Waals surface area contributed by atoms with E-state index in [9.17, 15) is 4.79 Å². The molecule has 0 bridgehead atoms. The zero-order chi connectivity index (χ0) is 11.9. The Labute approximate surface area is 103 Å². The molecule has 1 atom stereocenters. The van der Waals surface area contributed by atoms with Gasteiger partial charge < -0.3 is 10.6 Å². The van der Waals surface area contributed by atoms with E-state index < -0.39 is 0 Å². The van der Waals surface area contributed by atoms with Crippen LogP contribution in [-0.2, 0) is 11.2 Å². The van der Waals surface area contributed by atoms with Gasteiger partial charge in [0.05, 0.1) is 0 Å². The summed E-state index contributed by atoms with van der Waals surface area (Å²) in [5, 5.41) is 6.31. The number of amides is 1. The van der Waals surface area contributed by atoms with Crippen LogP contribution in [0.25, 0.3) is 0 Å². The molecule has 1 aliphatic heterocycles. The van der Waals surface area contributed by atoms with Gasteiger partial charge in [0.1, 0.15) is 0 Å². The summed E-state index contributed by atoms with van der Waals surface area (Å²) in [7, 11) is 0. The first-order valence-electron chi connectivity index (χ1n) is 6.38. The van der Waals surface area contributed by atoms with E-state index in [2.05, 4.69) is 22.8 Å². The lowest BCUT2D eigenvalue weighted by molar-refractivity contribution is -0.121. The summed E-state index contributed by atoms with van der Waals surface area (Å²) in [6, 6.07) is 10.7. The van der Waals surface area contributed by atoms with Gasteiger partial charge in [-0.05, 0) is 31.4 Å². The third-order valence-electron chi connectivity index (χ3n) is 3.14. The summed E-state index contributed by atoms with van der Waals surface area (Å²) < 4.78 is 0. The third kappa shape index (κ3) is 4.19. The molecule has 0 aliphatic carbocycles. The molecule has 1 saturated heterocycles. The van der Waals surface area contributed by atoms with Crippen LogP contribution in [0.4, 0.5) is 0 Å². The number of aryl methyl sites for hydroxylation is 1. The minimum atomic E-state index is 0.189. The number of hydrogen-bond donors (Lipinski definition) is 2. The Morgan fingerprint density at radius 1 is 1.35 bits per heavy atom. The summed E-state index contributed by atoms with van der Waals surface area (Å²) in [6.07, 6.45) is 3.60. The molecule has 1 aromatic rings. The van der Waals surface area contributed by atoms with Gasteiger partial charge in [-0.2, -0.15) is 0 Å². The molecule has 1 aromatic carbocycles. The summed E-state index contributed by atoms with van der Waals surface area (Å²) in [5.74, 6) is 0.189. The molecule has 3 heteroatoms. The van der Waals surface area contributed by atoms with E-state index in [-0.39, 0.29) is 5.91 Å². The third-order valence-corrected chi connectivity index (χ3v) is 3.14. The molecule has 2 rings (SSSR count). The lowest BCUT2D eigenvalue weighted by atomic mass is 10.1. The Morgan fingerprint density at radius 3 is 2.88 bits per heavy atom. The van der Waals surface area contributed by atoms with Gasteiger partial charge in [0.2, 0.25) is 5.91 Å². The highest BCUT2D eigenvalue weighted by Crippen LogP contribution is 2.05. The molecule has 92 valence electrons. The smallest absolute Gasteiger partial charge is 0.220 e. The van der Waals surface area contributed by atoms with Crippen molar-refractivity contribution >= 4 is 5.91 Å². The molecular weight excluding hydrogens is 212 g/mol. The van der Waals surface area contributed by atoms with E-state index in [0.717, 1.165) is 32.4 Å². The van der Waals surface area contributed by atoms with Crippen LogP contribution in [0.15, 0.2) is 30.3 Å². The zero-order valence-electron chi connectivity index (χ0n) is 10.1. The monoisotopic (exact) mass is 232 g/mol. The molecule has 1 aliphatic rings. The Bertz CT molecular complexity index is 344. The molecule has 1 fully saturated rings. The summed E-state index contributed by atoms with van der Waals surface area (Å²) >= 11 is 0. The van der Waals surface area contributed by atoms with Crippen LogP contribution in [0, 0.1) is 0 Å². The quantitative estimate of drug-likeness (QED) is 0.807. The number of benzene rings is 1. The highest BCUT2D eigenvalue weighted by molar-refractivity contribution is 5.76. The summed E-state index contributed by atoms with van der Waals surface area (Å²) in [4.78, 5) is 11.7. The van der Waals surface area contributed by atoms with Crippen molar-refractivity contribution in [3.8, 4) is 0 Å². The van der Waals surface area contributed by atoms with Crippen LogP contribution in [0.5, 0.6) is 0 Å². The van der Waals surface area contributed by atoms with Crippen LogP contribution >= 0.6 is 0 Å². The average molecular weight is 232 g/mol. The van der Waals surface area contributed by atoms with Gasteiger partial charge in [0.25, 0.3) is 0 Å². The average Bonchev–Trinajstić information content (AvgIpc) is 2.83. The molecular formula is C14H20N2O. The SMILES string of the molecule is O=C(CCCc1ccccc1)N[C@H]1CCNC1. The topological polar surface area (TPSA) is 41.1 Å². The molecule has 0 aromatic heterocycles. The van der Waals surface area contributed by atoms with Gasteiger partial charge in [0, 0.05) is 19.0 Å². The Kier molecular flexibility index (Phi) is 4.56. The second kappa shape index (κ2) is 6.40. The van der Waals surface area contributed by atoms with E-state index in [4.69, 9.17) is 0 Å². The van der Waals surface area contributed by atoms with Crippen molar-refractivity contribution in [3.63, 3.8) is 0 Å².